The highest BCUT2D eigenvalue weighted by molar-refractivity contribution is 5.94. The summed E-state index contributed by atoms with van der Waals surface area (Å²) in [6.07, 6.45) is 3.25. The molecule has 0 spiro atoms. The monoisotopic (exact) mass is 218 g/mol. The predicted octanol–water partition coefficient (Wildman–Crippen LogP) is 2.08. The molecule has 1 aromatic rings. The Hall–Kier alpha value is -1.35. The molecule has 0 bridgehead atoms. The van der Waals surface area contributed by atoms with Gasteiger partial charge in [0.1, 0.15) is 0 Å². The van der Waals surface area contributed by atoms with Crippen LogP contribution in [0.25, 0.3) is 0 Å². The van der Waals surface area contributed by atoms with E-state index in [2.05, 4.69) is 10.6 Å². The Kier molecular flexibility index (Phi) is 3.57. The van der Waals surface area contributed by atoms with Crippen molar-refractivity contribution in [2.45, 2.75) is 32.2 Å². The van der Waals surface area contributed by atoms with E-state index in [1.165, 1.54) is 12.0 Å². The van der Waals surface area contributed by atoms with Gasteiger partial charge in [0.15, 0.2) is 0 Å². The lowest BCUT2D eigenvalue weighted by Crippen LogP contribution is -2.43. The number of rotatable bonds is 2. The Labute approximate surface area is 96.2 Å². The molecule has 3 heteroatoms. The topological polar surface area (TPSA) is 41.1 Å². The summed E-state index contributed by atoms with van der Waals surface area (Å²) >= 11 is 0. The summed E-state index contributed by atoms with van der Waals surface area (Å²) in [7, 11) is 0. The van der Waals surface area contributed by atoms with Gasteiger partial charge < -0.3 is 10.6 Å². The van der Waals surface area contributed by atoms with Gasteiger partial charge >= 0.3 is 0 Å². The van der Waals surface area contributed by atoms with Gasteiger partial charge in [-0.05, 0) is 38.4 Å². The fourth-order valence-electron chi connectivity index (χ4n) is 1.94. The van der Waals surface area contributed by atoms with Crippen LogP contribution >= 0.6 is 0 Å². The van der Waals surface area contributed by atoms with E-state index in [0.29, 0.717) is 0 Å². The maximum Gasteiger partial charge on any atom is 0.241 e. The molecule has 1 aromatic carbocycles. The standard InChI is InChI=1S/C13H18N2O/c1-10-5-7-11(8-6-10)15-13(16)12-4-2-3-9-14-12/h5-8,12,14H,2-4,9H2,1H3,(H,15,16)/t12-/m1/s1. The highest BCUT2D eigenvalue weighted by Crippen LogP contribution is 2.12. The van der Waals surface area contributed by atoms with Crippen LogP contribution in [-0.4, -0.2) is 18.5 Å². The number of hydrogen-bond donors (Lipinski definition) is 2. The molecule has 1 heterocycles. The van der Waals surface area contributed by atoms with Crippen LogP contribution in [0.5, 0.6) is 0 Å². The van der Waals surface area contributed by atoms with Gasteiger partial charge in [-0.3, -0.25) is 4.79 Å². The number of benzene rings is 1. The third kappa shape index (κ3) is 2.83. The average molecular weight is 218 g/mol. The van der Waals surface area contributed by atoms with Crippen molar-refractivity contribution in [3.05, 3.63) is 29.8 Å². The molecule has 1 aliphatic heterocycles. The number of anilines is 1. The fraction of sp³-hybridized carbons (Fsp3) is 0.462. The van der Waals surface area contributed by atoms with Gasteiger partial charge in [0, 0.05) is 5.69 Å². The molecule has 1 aliphatic rings. The number of carbonyl (C=O) groups is 1. The Bertz CT molecular complexity index is 353. The van der Waals surface area contributed by atoms with Gasteiger partial charge in [-0.2, -0.15) is 0 Å². The Morgan fingerprint density at radius 2 is 2.06 bits per heavy atom. The van der Waals surface area contributed by atoms with Crippen molar-refractivity contribution in [2.24, 2.45) is 0 Å². The van der Waals surface area contributed by atoms with Crippen LogP contribution in [0, 0.1) is 6.92 Å². The van der Waals surface area contributed by atoms with Crippen LogP contribution in [0.1, 0.15) is 24.8 Å². The molecule has 16 heavy (non-hydrogen) atoms. The number of amides is 1. The van der Waals surface area contributed by atoms with E-state index >= 15 is 0 Å². The molecule has 0 aliphatic carbocycles. The van der Waals surface area contributed by atoms with Gasteiger partial charge in [-0.1, -0.05) is 24.1 Å². The molecule has 2 rings (SSSR count). The largest absolute Gasteiger partial charge is 0.325 e. The van der Waals surface area contributed by atoms with Gasteiger partial charge in [0.25, 0.3) is 0 Å². The molecule has 2 N–H and O–H groups in total. The molecule has 1 atom stereocenters. The van der Waals surface area contributed by atoms with Crippen LogP contribution < -0.4 is 10.6 Å². The van der Waals surface area contributed by atoms with E-state index in [-0.39, 0.29) is 11.9 Å². The number of aryl methyl sites for hydroxylation is 1. The summed E-state index contributed by atoms with van der Waals surface area (Å²) in [5, 5.41) is 6.18. The number of nitrogens with one attached hydrogen (secondary N) is 2. The summed E-state index contributed by atoms with van der Waals surface area (Å²) in [6, 6.07) is 7.87. The van der Waals surface area contributed by atoms with Crippen LogP contribution in [0.2, 0.25) is 0 Å². The minimum atomic E-state index is -0.0185. The molecule has 3 nitrogen and oxygen atoms in total. The van der Waals surface area contributed by atoms with Crippen LogP contribution in [0.15, 0.2) is 24.3 Å². The van der Waals surface area contributed by atoms with Crippen LogP contribution in [0.3, 0.4) is 0 Å². The van der Waals surface area contributed by atoms with Crippen molar-refractivity contribution in [1.29, 1.82) is 0 Å². The van der Waals surface area contributed by atoms with Gasteiger partial charge in [-0.25, -0.2) is 0 Å². The quantitative estimate of drug-likeness (QED) is 0.798. The third-order valence-electron chi connectivity index (χ3n) is 2.95. The first-order chi connectivity index (χ1) is 7.75. The summed E-state index contributed by atoms with van der Waals surface area (Å²) in [5.74, 6) is 0.0866. The highest BCUT2D eigenvalue weighted by Gasteiger charge is 2.20. The van der Waals surface area contributed by atoms with Crippen molar-refractivity contribution in [2.75, 3.05) is 11.9 Å². The molecule has 1 fully saturated rings. The second-order valence-corrected chi connectivity index (χ2v) is 4.36. The Balaban J connectivity index is 1.93. The zero-order chi connectivity index (χ0) is 11.4. The van der Waals surface area contributed by atoms with Gasteiger partial charge in [0.2, 0.25) is 5.91 Å². The lowest BCUT2D eigenvalue weighted by Gasteiger charge is -2.22. The first kappa shape index (κ1) is 11.1. The molecule has 1 saturated heterocycles. The Morgan fingerprint density at radius 3 is 2.69 bits per heavy atom. The van der Waals surface area contributed by atoms with Crippen molar-refractivity contribution < 1.29 is 4.79 Å². The Morgan fingerprint density at radius 1 is 1.31 bits per heavy atom. The molecule has 0 saturated carbocycles. The van der Waals surface area contributed by atoms with Gasteiger partial charge in [0.05, 0.1) is 6.04 Å². The number of piperidine rings is 1. The average Bonchev–Trinajstić information content (AvgIpc) is 2.33. The van der Waals surface area contributed by atoms with E-state index in [1.807, 2.05) is 31.2 Å². The normalized spacial score (nSPS) is 20.4. The van der Waals surface area contributed by atoms with E-state index in [1.54, 1.807) is 0 Å². The molecular weight excluding hydrogens is 200 g/mol. The summed E-state index contributed by atoms with van der Waals surface area (Å²) in [6.45, 7) is 2.99. The smallest absolute Gasteiger partial charge is 0.241 e. The first-order valence-corrected chi connectivity index (χ1v) is 5.86. The molecule has 0 radical (unpaired) electrons. The zero-order valence-electron chi connectivity index (χ0n) is 9.62. The van der Waals surface area contributed by atoms with E-state index in [4.69, 9.17) is 0 Å². The van der Waals surface area contributed by atoms with Crippen molar-refractivity contribution in [3.8, 4) is 0 Å². The van der Waals surface area contributed by atoms with E-state index in [9.17, 15) is 4.79 Å². The molecule has 1 amide bonds. The summed E-state index contributed by atoms with van der Waals surface area (Å²) in [5.41, 5.74) is 2.08. The zero-order valence-corrected chi connectivity index (χ0v) is 9.62. The fourth-order valence-corrected chi connectivity index (χ4v) is 1.94. The van der Waals surface area contributed by atoms with E-state index in [0.717, 1.165) is 25.1 Å². The number of carbonyl (C=O) groups excluding carboxylic acids is 1. The predicted molar refractivity (Wildman–Crippen MR) is 65.5 cm³/mol. The van der Waals surface area contributed by atoms with Crippen molar-refractivity contribution in [1.82, 2.24) is 5.32 Å². The second kappa shape index (κ2) is 5.12. The summed E-state index contributed by atoms with van der Waals surface area (Å²) in [4.78, 5) is 11.9. The minimum Gasteiger partial charge on any atom is -0.325 e. The second-order valence-electron chi connectivity index (χ2n) is 4.36. The SMILES string of the molecule is Cc1ccc(NC(=O)[C@H]2CCCCN2)cc1. The number of hydrogen-bond acceptors (Lipinski definition) is 2. The first-order valence-electron chi connectivity index (χ1n) is 5.86. The van der Waals surface area contributed by atoms with Crippen LogP contribution in [-0.2, 0) is 4.79 Å². The van der Waals surface area contributed by atoms with Crippen molar-refractivity contribution in [3.63, 3.8) is 0 Å². The van der Waals surface area contributed by atoms with Crippen molar-refractivity contribution >= 4 is 11.6 Å². The maximum atomic E-state index is 11.9. The van der Waals surface area contributed by atoms with Crippen LogP contribution in [0.4, 0.5) is 5.69 Å². The molecule has 0 unspecified atom stereocenters. The lowest BCUT2D eigenvalue weighted by atomic mass is 10.0. The molecule has 0 aromatic heterocycles. The summed E-state index contributed by atoms with van der Waals surface area (Å²) < 4.78 is 0. The lowest BCUT2D eigenvalue weighted by molar-refractivity contribution is -0.118. The molecule has 86 valence electrons. The highest BCUT2D eigenvalue weighted by atomic mass is 16.2. The maximum absolute atomic E-state index is 11.9. The minimum absolute atomic E-state index is 0.0185. The molecular formula is C13H18N2O. The van der Waals surface area contributed by atoms with E-state index < -0.39 is 0 Å². The van der Waals surface area contributed by atoms with Gasteiger partial charge in [-0.15, -0.1) is 0 Å². The third-order valence-corrected chi connectivity index (χ3v) is 2.95.